The molecule has 1 atom stereocenters. The summed E-state index contributed by atoms with van der Waals surface area (Å²) in [5.74, 6) is 0.409. The van der Waals surface area contributed by atoms with Crippen LogP contribution in [-0.4, -0.2) is 19.0 Å². The highest BCUT2D eigenvalue weighted by Gasteiger charge is 2.14. The molecule has 0 radical (unpaired) electrons. The first kappa shape index (κ1) is 15.7. The molecule has 0 aliphatic rings. The minimum Gasteiger partial charge on any atom is -0.352 e. The molecule has 0 aromatic heterocycles. The normalized spacial score (nSPS) is 13.1. The van der Waals surface area contributed by atoms with E-state index in [1.807, 2.05) is 24.3 Å². The Hall–Kier alpha value is -1.35. The third-order valence-corrected chi connectivity index (χ3v) is 3.28. The van der Waals surface area contributed by atoms with Crippen molar-refractivity contribution in [3.05, 3.63) is 35.4 Å². The number of rotatable bonds is 5. The van der Waals surface area contributed by atoms with Gasteiger partial charge >= 0.3 is 0 Å². The van der Waals surface area contributed by atoms with E-state index in [4.69, 9.17) is 5.73 Å². The molecule has 0 saturated heterocycles. The minimum absolute atomic E-state index is 0.00988. The quantitative estimate of drug-likeness (QED) is 0.857. The van der Waals surface area contributed by atoms with Gasteiger partial charge in [0.25, 0.3) is 5.91 Å². The van der Waals surface area contributed by atoms with Crippen molar-refractivity contribution in [2.24, 2.45) is 11.7 Å². The summed E-state index contributed by atoms with van der Waals surface area (Å²) in [4.78, 5) is 12.0. The van der Waals surface area contributed by atoms with E-state index in [1.54, 1.807) is 0 Å². The third kappa shape index (κ3) is 5.03. The van der Waals surface area contributed by atoms with E-state index in [0.29, 0.717) is 24.6 Å². The van der Waals surface area contributed by atoms with Gasteiger partial charge < -0.3 is 11.1 Å². The summed E-state index contributed by atoms with van der Waals surface area (Å²) in [5.41, 5.74) is 7.56. The van der Waals surface area contributed by atoms with E-state index in [0.717, 1.165) is 6.42 Å². The SMILES string of the molecule is CC(CCN)CNC(=O)c1ccc(C(C)(C)C)cc1. The van der Waals surface area contributed by atoms with Crippen molar-refractivity contribution in [2.75, 3.05) is 13.1 Å². The van der Waals surface area contributed by atoms with Gasteiger partial charge in [-0.05, 0) is 42.0 Å². The fourth-order valence-electron chi connectivity index (χ4n) is 1.88. The van der Waals surface area contributed by atoms with Crippen molar-refractivity contribution >= 4 is 5.91 Å². The van der Waals surface area contributed by atoms with Gasteiger partial charge in [0.1, 0.15) is 0 Å². The fourth-order valence-corrected chi connectivity index (χ4v) is 1.88. The van der Waals surface area contributed by atoms with Gasteiger partial charge in [0, 0.05) is 12.1 Å². The van der Waals surface area contributed by atoms with Gasteiger partial charge in [0.05, 0.1) is 0 Å². The first-order valence-electron chi connectivity index (χ1n) is 6.93. The lowest BCUT2D eigenvalue weighted by Crippen LogP contribution is -2.29. The number of carbonyl (C=O) groups is 1. The molecule has 0 aliphatic heterocycles. The van der Waals surface area contributed by atoms with Crippen LogP contribution in [0.2, 0.25) is 0 Å². The second-order valence-corrected chi connectivity index (χ2v) is 6.22. The smallest absolute Gasteiger partial charge is 0.251 e. The molecule has 3 nitrogen and oxygen atoms in total. The molecule has 1 rings (SSSR count). The lowest BCUT2D eigenvalue weighted by molar-refractivity contribution is 0.0947. The van der Waals surface area contributed by atoms with Crippen molar-refractivity contribution in [3.8, 4) is 0 Å². The summed E-state index contributed by atoms with van der Waals surface area (Å²) < 4.78 is 0. The van der Waals surface area contributed by atoms with Crippen molar-refractivity contribution in [1.29, 1.82) is 0 Å². The fraction of sp³-hybridized carbons (Fsp3) is 0.562. The zero-order valence-corrected chi connectivity index (χ0v) is 12.5. The van der Waals surface area contributed by atoms with Gasteiger partial charge in [-0.2, -0.15) is 0 Å². The molecule has 1 aromatic rings. The summed E-state index contributed by atoms with van der Waals surface area (Å²) in [6.45, 7) is 9.92. The van der Waals surface area contributed by atoms with Gasteiger partial charge in [-0.1, -0.05) is 39.8 Å². The van der Waals surface area contributed by atoms with Gasteiger partial charge in [-0.25, -0.2) is 0 Å². The molecular weight excluding hydrogens is 236 g/mol. The Morgan fingerprint density at radius 2 is 1.84 bits per heavy atom. The minimum atomic E-state index is -0.00988. The molecule has 1 aromatic carbocycles. The molecule has 1 amide bonds. The van der Waals surface area contributed by atoms with E-state index >= 15 is 0 Å². The predicted octanol–water partition coefficient (Wildman–Crippen LogP) is 2.70. The van der Waals surface area contributed by atoms with E-state index in [1.165, 1.54) is 5.56 Å². The second kappa shape index (κ2) is 6.71. The first-order valence-corrected chi connectivity index (χ1v) is 6.93. The average Bonchev–Trinajstić information content (AvgIpc) is 2.35. The predicted molar refractivity (Wildman–Crippen MR) is 80.3 cm³/mol. The maximum Gasteiger partial charge on any atom is 0.251 e. The largest absolute Gasteiger partial charge is 0.352 e. The Labute approximate surface area is 116 Å². The topological polar surface area (TPSA) is 55.1 Å². The summed E-state index contributed by atoms with van der Waals surface area (Å²) in [6, 6.07) is 7.84. The molecule has 0 bridgehead atoms. The molecule has 3 N–H and O–H groups in total. The molecule has 0 spiro atoms. The zero-order valence-electron chi connectivity index (χ0n) is 12.5. The van der Waals surface area contributed by atoms with Crippen molar-refractivity contribution < 1.29 is 4.79 Å². The van der Waals surface area contributed by atoms with Gasteiger partial charge in [-0.3, -0.25) is 4.79 Å². The van der Waals surface area contributed by atoms with E-state index < -0.39 is 0 Å². The van der Waals surface area contributed by atoms with Crippen LogP contribution in [0.1, 0.15) is 50.0 Å². The lowest BCUT2D eigenvalue weighted by atomic mass is 9.87. The van der Waals surface area contributed by atoms with Crippen LogP contribution in [-0.2, 0) is 5.41 Å². The summed E-state index contributed by atoms with van der Waals surface area (Å²) >= 11 is 0. The Morgan fingerprint density at radius 3 is 2.32 bits per heavy atom. The number of benzene rings is 1. The monoisotopic (exact) mass is 262 g/mol. The van der Waals surface area contributed by atoms with Crippen LogP contribution in [0.3, 0.4) is 0 Å². The Balaban J connectivity index is 2.59. The van der Waals surface area contributed by atoms with Crippen LogP contribution in [0.4, 0.5) is 0 Å². The van der Waals surface area contributed by atoms with Crippen molar-refractivity contribution in [1.82, 2.24) is 5.32 Å². The maximum atomic E-state index is 12.0. The number of nitrogens with one attached hydrogen (secondary N) is 1. The van der Waals surface area contributed by atoms with Crippen LogP contribution in [0.15, 0.2) is 24.3 Å². The molecule has 3 heteroatoms. The van der Waals surface area contributed by atoms with E-state index in [2.05, 4.69) is 33.0 Å². The highest BCUT2D eigenvalue weighted by atomic mass is 16.1. The molecular formula is C16H26N2O. The number of hydrogen-bond donors (Lipinski definition) is 2. The Morgan fingerprint density at radius 1 is 1.26 bits per heavy atom. The average molecular weight is 262 g/mol. The number of carbonyl (C=O) groups excluding carboxylic acids is 1. The molecule has 0 fully saturated rings. The number of amides is 1. The Bertz CT molecular complexity index is 404. The van der Waals surface area contributed by atoms with Crippen LogP contribution >= 0.6 is 0 Å². The van der Waals surface area contributed by atoms with E-state index in [-0.39, 0.29) is 11.3 Å². The van der Waals surface area contributed by atoms with Crippen molar-refractivity contribution in [3.63, 3.8) is 0 Å². The summed E-state index contributed by atoms with van der Waals surface area (Å²) in [7, 11) is 0. The molecule has 0 heterocycles. The number of hydrogen-bond acceptors (Lipinski definition) is 2. The van der Waals surface area contributed by atoms with Crippen molar-refractivity contribution in [2.45, 2.75) is 39.5 Å². The molecule has 0 saturated carbocycles. The van der Waals surface area contributed by atoms with E-state index in [9.17, 15) is 4.79 Å². The lowest BCUT2D eigenvalue weighted by Gasteiger charge is -2.19. The summed E-state index contributed by atoms with van der Waals surface area (Å²) in [6.07, 6.45) is 0.934. The first-order chi connectivity index (χ1) is 8.84. The van der Waals surface area contributed by atoms with Gasteiger partial charge in [0.15, 0.2) is 0 Å². The molecule has 106 valence electrons. The maximum absolute atomic E-state index is 12.0. The Kier molecular flexibility index (Phi) is 5.55. The highest BCUT2D eigenvalue weighted by Crippen LogP contribution is 2.22. The highest BCUT2D eigenvalue weighted by molar-refractivity contribution is 5.94. The zero-order chi connectivity index (χ0) is 14.5. The third-order valence-electron chi connectivity index (χ3n) is 3.28. The second-order valence-electron chi connectivity index (χ2n) is 6.22. The molecule has 19 heavy (non-hydrogen) atoms. The van der Waals surface area contributed by atoms with Crippen LogP contribution in [0.5, 0.6) is 0 Å². The number of nitrogens with two attached hydrogens (primary N) is 1. The molecule has 0 aliphatic carbocycles. The van der Waals surface area contributed by atoms with Gasteiger partial charge in [-0.15, -0.1) is 0 Å². The van der Waals surface area contributed by atoms with Crippen LogP contribution in [0, 0.1) is 5.92 Å². The van der Waals surface area contributed by atoms with Crippen LogP contribution < -0.4 is 11.1 Å². The van der Waals surface area contributed by atoms with Gasteiger partial charge in [0.2, 0.25) is 0 Å². The summed E-state index contributed by atoms with van der Waals surface area (Å²) in [5, 5.41) is 2.95. The molecule has 1 unspecified atom stereocenters. The van der Waals surface area contributed by atoms with Crippen LogP contribution in [0.25, 0.3) is 0 Å². The standard InChI is InChI=1S/C16H26N2O/c1-12(9-10-17)11-18-15(19)13-5-7-14(8-6-13)16(2,3)4/h5-8,12H,9-11,17H2,1-4H3,(H,18,19).